The molecule has 104 valence electrons. The second-order valence-corrected chi connectivity index (χ2v) is 5.11. The van der Waals surface area contributed by atoms with E-state index >= 15 is 0 Å². The summed E-state index contributed by atoms with van der Waals surface area (Å²) in [7, 11) is 0. The van der Waals surface area contributed by atoms with Crippen molar-refractivity contribution in [2.75, 3.05) is 18.0 Å². The molecule has 0 saturated carbocycles. The van der Waals surface area contributed by atoms with Crippen molar-refractivity contribution in [3.63, 3.8) is 0 Å². The summed E-state index contributed by atoms with van der Waals surface area (Å²) in [4.78, 5) is 14.2. The molecule has 0 spiro atoms. The first-order valence-electron chi connectivity index (χ1n) is 6.92. The summed E-state index contributed by atoms with van der Waals surface area (Å²) >= 11 is 0. The Morgan fingerprint density at radius 2 is 2.20 bits per heavy atom. The Bertz CT molecular complexity index is 592. The van der Waals surface area contributed by atoms with Crippen LogP contribution >= 0.6 is 0 Å². The SMILES string of the molecule is C[C@@H](CNC(=O)c1ccco1)N1CCc2ccccc21. The number of nitrogens with zero attached hydrogens (tertiary/aromatic N) is 1. The van der Waals surface area contributed by atoms with E-state index in [9.17, 15) is 4.79 Å². The fourth-order valence-electron chi connectivity index (χ4n) is 2.67. The van der Waals surface area contributed by atoms with Gasteiger partial charge in [-0.25, -0.2) is 0 Å². The first-order chi connectivity index (χ1) is 9.75. The van der Waals surface area contributed by atoms with E-state index in [1.54, 1.807) is 12.1 Å². The fraction of sp³-hybridized carbons (Fsp3) is 0.312. The number of hydrogen-bond acceptors (Lipinski definition) is 3. The Balaban J connectivity index is 1.61. The number of fused-ring (bicyclic) bond motifs is 1. The lowest BCUT2D eigenvalue weighted by Gasteiger charge is -2.27. The van der Waals surface area contributed by atoms with Crippen LogP contribution in [0.3, 0.4) is 0 Å². The number of para-hydroxylation sites is 1. The maximum absolute atomic E-state index is 11.8. The highest BCUT2D eigenvalue weighted by atomic mass is 16.3. The third-order valence-corrected chi connectivity index (χ3v) is 3.76. The molecule has 1 atom stereocenters. The molecule has 2 heterocycles. The molecule has 0 fully saturated rings. The smallest absolute Gasteiger partial charge is 0.287 e. The van der Waals surface area contributed by atoms with E-state index in [0.717, 1.165) is 13.0 Å². The molecule has 0 radical (unpaired) electrons. The Labute approximate surface area is 118 Å². The van der Waals surface area contributed by atoms with Crippen LogP contribution in [0.5, 0.6) is 0 Å². The molecule has 3 rings (SSSR count). The van der Waals surface area contributed by atoms with Crippen molar-refractivity contribution in [2.24, 2.45) is 0 Å². The van der Waals surface area contributed by atoms with Crippen molar-refractivity contribution >= 4 is 11.6 Å². The Morgan fingerprint density at radius 1 is 1.35 bits per heavy atom. The average Bonchev–Trinajstić information content (AvgIpc) is 3.13. The minimum absolute atomic E-state index is 0.158. The van der Waals surface area contributed by atoms with Gasteiger partial charge < -0.3 is 14.6 Å². The summed E-state index contributed by atoms with van der Waals surface area (Å²) in [6.45, 7) is 3.75. The molecule has 1 N–H and O–H groups in total. The molecular weight excluding hydrogens is 252 g/mol. The zero-order valence-electron chi connectivity index (χ0n) is 11.5. The van der Waals surface area contributed by atoms with Crippen LogP contribution < -0.4 is 10.2 Å². The number of carbonyl (C=O) groups excluding carboxylic acids is 1. The van der Waals surface area contributed by atoms with Gasteiger partial charge in [-0.3, -0.25) is 4.79 Å². The molecule has 2 aromatic rings. The van der Waals surface area contributed by atoms with E-state index in [4.69, 9.17) is 4.42 Å². The topological polar surface area (TPSA) is 45.5 Å². The first kappa shape index (κ1) is 12.8. The summed E-state index contributed by atoms with van der Waals surface area (Å²) in [5, 5.41) is 2.92. The van der Waals surface area contributed by atoms with Gasteiger partial charge in [0.15, 0.2) is 5.76 Å². The van der Waals surface area contributed by atoms with E-state index < -0.39 is 0 Å². The minimum Gasteiger partial charge on any atom is -0.459 e. The van der Waals surface area contributed by atoms with Gasteiger partial charge in [0.1, 0.15) is 0 Å². The lowest BCUT2D eigenvalue weighted by Crippen LogP contribution is -2.41. The summed E-state index contributed by atoms with van der Waals surface area (Å²) in [5.74, 6) is 0.202. The highest BCUT2D eigenvalue weighted by molar-refractivity contribution is 5.91. The maximum Gasteiger partial charge on any atom is 0.287 e. The fourth-order valence-corrected chi connectivity index (χ4v) is 2.67. The normalized spacial score (nSPS) is 14.9. The first-order valence-corrected chi connectivity index (χ1v) is 6.92. The molecule has 1 aliphatic heterocycles. The second-order valence-electron chi connectivity index (χ2n) is 5.11. The van der Waals surface area contributed by atoms with E-state index in [1.165, 1.54) is 17.5 Å². The van der Waals surface area contributed by atoms with Crippen LogP contribution in [0.1, 0.15) is 23.0 Å². The minimum atomic E-state index is -0.158. The number of nitrogens with one attached hydrogen (secondary N) is 1. The maximum atomic E-state index is 11.8. The van der Waals surface area contributed by atoms with E-state index in [-0.39, 0.29) is 11.9 Å². The Morgan fingerprint density at radius 3 is 3.00 bits per heavy atom. The molecule has 0 saturated heterocycles. The molecule has 1 aliphatic rings. The van der Waals surface area contributed by atoms with Crippen LogP contribution in [0.2, 0.25) is 0 Å². The summed E-state index contributed by atoms with van der Waals surface area (Å²) in [6, 6.07) is 12.1. The monoisotopic (exact) mass is 270 g/mol. The molecule has 0 unspecified atom stereocenters. The van der Waals surface area contributed by atoms with Gasteiger partial charge in [0.05, 0.1) is 6.26 Å². The predicted molar refractivity (Wildman–Crippen MR) is 78.0 cm³/mol. The largest absolute Gasteiger partial charge is 0.459 e. The Kier molecular flexibility index (Phi) is 3.46. The van der Waals surface area contributed by atoms with Crippen LogP contribution in [0.25, 0.3) is 0 Å². The molecule has 1 aromatic carbocycles. The number of carbonyl (C=O) groups is 1. The standard InChI is InChI=1S/C16H18N2O2/c1-12(11-17-16(19)15-7-4-10-20-15)18-9-8-13-5-2-3-6-14(13)18/h2-7,10,12H,8-9,11H2,1H3,(H,17,19)/t12-/m0/s1. The van der Waals surface area contributed by atoms with Crippen molar-refractivity contribution in [1.82, 2.24) is 5.32 Å². The number of rotatable bonds is 4. The average molecular weight is 270 g/mol. The molecule has 1 aromatic heterocycles. The van der Waals surface area contributed by atoms with Crippen molar-refractivity contribution in [2.45, 2.75) is 19.4 Å². The third-order valence-electron chi connectivity index (χ3n) is 3.76. The van der Waals surface area contributed by atoms with Crippen molar-refractivity contribution in [3.05, 3.63) is 54.0 Å². The van der Waals surface area contributed by atoms with E-state index in [0.29, 0.717) is 12.3 Å². The molecule has 4 nitrogen and oxygen atoms in total. The van der Waals surface area contributed by atoms with Crippen LogP contribution in [0.15, 0.2) is 47.1 Å². The van der Waals surface area contributed by atoms with Crippen LogP contribution in [0.4, 0.5) is 5.69 Å². The number of amides is 1. The van der Waals surface area contributed by atoms with Crippen LogP contribution in [0, 0.1) is 0 Å². The molecular formula is C16H18N2O2. The lowest BCUT2D eigenvalue weighted by molar-refractivity contribution is 0.0924. The van der Waals surface area contributed by atoms with Gasteiger partial charge >= 0.3 is 0 Å². The number of furan rings is 1. The highest BCUT2D eigenvalue weighted by Crippen LogP contribution is 2.28. The highest BCUT2D eigenvalue weighted by Gasteiger charge is 2.23. The summed E-state index contributed by atoms with van der Waals surface area (Å²) in [5.41, 5.74) is 2.67. The van der Waals surface area contributed by atoms with Crippen LogP contribution in [-0.2, 0) is 6.42 Å². The van der Waals surface area contributed by atoms with E-state index in [1.807, 2.05) is 0 Å². The summed E-state index contributed by atoms with van der Waals surface area (Å²) < 4.78 is 5.08. The van der Waals surface area contributed by atoms with Crippen molar-refractivity contribution in [1.29, 1.82) is 0 Å². The zero-order valence-corrected chi connectivity index (χ0v) is 11.5. The lowest BCUT2D eigenvalue weighted by atomic mass is 10.2. The quantitative estimate of drug-likeness (QED) is 0.928. The number of hydrogen-bond donors (Lipinski definition) is 1. The Hall–Kier alpha value is -2.23. The molecule has 20 heavy (non-hydrogen) atoms. The van der Waals surface area contributed by atoms with Gasteiger partial charge in [-0.05, 0) is 37.1 Å². The molecule has 0 aliphatic carbocycles. The van der Waals surface area contributed by atoms with Crippen LogP contribution in [-0.4, -0.2) is 25.0 Å². The van der Waals surface area contributed by atoms with Crippen molar-refractivity contribution < 1.29 is 9.21 Å². The zero-order chi connectivity index (χ0) is 13.9. The second kappa shape index (κ2) is 5.41. The van der Waals surface area contributed by atoms with Gasteiger partial charge in [-0.2, -0.15) is 0 Å². The van der Waals surface area contributed by atoms with Gasteiger partial charge in [-0.15, -0.1) is 0 Å². The van der Waals surface area contributed by atoms with E-state index in [2.05, 4.69) is 41.4 Å². The molecule has 0 bridgehead atoms. The van der Waals surface area contributed by atoms with Crippen molar-refractivity contribution in [3.8, 4) is 0 Å². The third kappa shape index (κ3) is 2.41. The summed E-state index contributed by atoms with van der Waals surface area (Å²) in [6.07, 6.45) is 2.59. The van der Waals surface area contributed by atoms with Gasteiger partial charge in [0, 0.05) is 24.8 Å². The van der Waals surface area contributed by atoms with Gasteiger partial charge in [0.2, 0.25) is 0 Å². The van der Waals surface area contributed by atoms with Gasteiger partial charge in [-0.1, -0.05) is 18.2 Å². The van der Waals surface area contributed by atoms with Gasteiger partial charge in [0.25, 0.3) is 5.91 Å². The molecule has 4 heteroatoms. The number of benzene rings is 1. The molecule has 1 amide bonds. The predicted octanol–water partition coefficient (Wildman–Crippen LogP) is 2.46. The number of anilines is 1.